The predicted molar refractivity (Wildman–Crippen MR) is 52.4 cm³/mol. The van der Waals surface area contributed by atoms with Gasteiger partial charge in [-0.3, -0.25) is 4.79 Å². The minimum Gasteiger partial charge on any atom is 1.00 e. The molecular weight excluding hydrogens is 331 g/mol. The molecule has 0 radical (unpaired) electrons. The third-order valence-electron chi connectivity index (χ3n) is 1.16. The maximum absolute atomic E-state index is 10.4. The zero-order valence-corrected chi connectivity index (χ0v) is 13.3. The van der Waals surface area contributed by atoms with Crippen molar-refractivity contribution in [3.8, 4) is 0 Å². The van der Waals surface area contributed by atoms with Gasteiger partial charge >= 0.3 is 44.1 Å². The number of nitrogens with zero attached hydrogens (tertiary/aromatic N) is 1. The minimum absolute atomic E-state index is 0. The molecule has 0 saturated carbocycles. The summed E-state index contributed by atoms with van der Waals surface area (Å²) in [4.78, 5) is 10.4. The van der Waals surface area contributed by atoms with Gasteiger partial charge in [-0.25, -0.2) is 0 Å². The molecule has 0 N–H and O–H groups in total. The zero-order valence-electron chi connectivity index (χ0n) is 8.61. The van der Waals surface area contributed by atoms with Crippen molar-refractivity contribution < 1.29 is 43.9 Å². The largest absolute Gasteiger partial charge is 1.00 e. The number of hydrogen-bond donors (Lipinski definition) is 0. The maximum Gasteiger partial charge on any atom is 1.00 e. The zero-order chi connectivity index (χ0) is 12.1. The Hall–Kier alpha value is -0.517. The van der Waals surface area contributed by atoms with E-state index in [-0.39, 0.29) is 23.0 Å². The van der Waals surface area contributed by atoms with Gasteiger partial charge < -0.3 is 16.6 Å². The average molecular weight is 340 g/mol. The van der Waals surface area contributed by atoms with E-state index in [0.717, 1.165) is 22.9 Å². The van der Waals surface area contributed by atoms with Gasteiger partial charge in [0.25, 0.3) is 5.97 Å². The monoisotopic (exact) mass is 337 g/mol. The fourth-order valence-corrected chi connectivity index (χ4v) is 0.683. The molecule has 0 unspecified atom stereocenters. The van der Waals surface area contributed by atoms with Crippen LogP contribution in [0.5, 0.6) is 0 Å². The molecule has 0 bridgehead atoms. The summed E-state index contributed by atoms with van der Waals surface area (Å²) in [6, 6.07) is 9.40. The quantitative estimate of drug-likeness (QED) is 0.473. The second kappa shape index (κ2) is 16.9. The topological polar surface area (TPSA) is 50.1 Å². The first kappa shape index (κ1) is 20.8. The summed E-state index contributed by atoms with van der Waals surface area (Å²) in [7, 11) is 4.76. The molecule has 0 aliphatic heterocycles. The third kappa shape index (κ3) is 13.5. The van der Waals surface area contributed by atoms with Crippen LogP contribution in [0, 0.1) is 18.4 Å². The van der Waals surface area contributed by atoms with Crippen LogP contribution < -0.4 is 0 Å². The smallest absolute Gasteiger partial charge is 1.00 e. The standard InChI is InChI=1S/C9H9O2.CN.ClH.Cu.Zn/c1-8(10)11-7-9-5-3-2-4-6-9;1-2;;;/h2-7H,1H3;;1H;;/q2*-1;;+1;+2/p-1. The van der Waals surface area contributed by atoms with Crippen LogP contribution in [0.3, 0.4) is 0 Å². The van der Waals surface area contributed by atoms with Crippen molar-refractivity contribution in [1.82, 2.24) is 0 Å². The van der Waals surface area contributed by atoms with Crippen molar-refractivity contribution in [3.05, 3.63) is 49.1 Å². The summed E-state index contributed by atoms with van der Waals surface area (Å²) >= 11 is 0.847. The van der Waals surface area contributed by atoms with Crippen LogP contribution in [0.1, 0.15) is 12.5 Å². The van der Waals surface area contributed by atoms with Crippen LogP contribution in [0.25, 0.3) is 0 Å². The van der Waals surface area contributed by atoms with Gasteiger partial charge in [-0.2, -0.15) is 17.7 Å². The molecule has 3 nitrogen and oxygen atoms in total. The Bertz CT molecular complexity index is 283. The molecule has 6 heteroatoms. The number of ether oxygens (including phenoxy) is 1. The van der Waals surface area contributed by atoms with Crippen molar-refractivity contribution in [2.45, 2.75) is 6.92 Å². The van der Waals surface area contributed by atoms with E-state index < -0.39 is 0 Å². The number of carbonyl (C=O) groups is 1. The fourth-order valence-electron chi connectivity index (χ4n) is 0.683. The van der Waals surface area contributed by atoms with E-state index in [0.29, 0.717) is 0 Å². The molecular formula is C10H9ClCuNO2Zn. The molecule has 0 spiro atoms. The van der Waals surface area contributed by atoms with E-state index in [9.17, 15) is 4.79 Å². The molecule has 0 atom stereocenters. The summed E-state index contributed by atoms with van der Waals surface area (Å²) < 4.78 is 4.66. The Morgan fingerprint density at radius 3 is 2.19 bits per heavy atom. The normalized spacial score (nSPS) is 6.62. The van der Waals surface area contributed by atoms with Crippen molar-refractivity contribution in [3.63, 3.8) is 0 Å². The summed E-state index contributed by atoms with van der Waals surface area (Å²) in [5, 5.41) is 6.25. The van der Waals surface area contributed by atoms with Crippen molar-refractivity contribution in [2.24, 2.45) is 0 Å². The Morgan fingerprint density at radius 1 is 1.38 bits per heavy atom. The fraction of sp³-hybridized carbons (Fsp3) is 0.100. The SMILES string of the molecule is CC(=O)O[CH-]c1ccccc1.[C-]#N.[Cl][Zn+].[Cu+]. The summed E-state index contributed by atoms with van der Waals surface area (Å²) in [5.41, 5.74) is 0.891. The van der Waals surface area contributed by atoms with E-state index in [1.54, 1.807) is 0 Å². The molecule has 1 rings (SSSR count). The van der Waals surface area contributed by atoms with Gasteiger partial charge in [-0.15, -0.1) is 12.1 Å². The van der Waals surface area contributed by atoms with Crippen molar-refractivity contribution in [1.29, 1.82) is 5.26 Å². The third-order valence-corrected chi connectivity index (χ3v) is 1.16. The van der Waals surface area contributed by atoms with Crippen LogP contribution in [0.15, 0.2) is 30.3 Å². The average Bonchev–Trinajstić information content (AvgIpc) is 2.33. The Morgan fingerprint density at radius 2 is 1.81 bits per heavy atom. The van der Waals surface area contributed by atoms with Crippen molar-refractivity contribution in [2.75, 3.05) is 0 Å². The molecule has 0 saturated heterocycles. The van der Waals surface area contributed by atoms with Crippen LogP contribution in [0.2, 0.25) is 0 Å². The first-order valence-electron chi connectivity index (χ1n) is 3.83. The Labute approximate surface area is 120 Å². The van der Waals surface area contributed by atoms with Gasteiger partial charge in [0.2, 0.25) is 0 Å². The van der Waals surface area contributed by atoms with E-state index in [4.69, 9.17) is 21.5 Å². The second-order valence-electron chi connectivity index (χ2n) is 2.14. The molecule has 0 aliphatic rings. The van der Waals surface area contributed by atoms with Gasteiger partial charge in [-0.1, -0.05) is 6.07 Å². The van der Waals surface area contributed by atoms with Crippen LogP contribution in [-0.2, 0) is 43.9 Å². The number of rotatable bonds is 2. The van der Waals surface area contributed by atoms with Gasteiger partial charge in [-0.05, 0) is 6.61 Å². The Kier molecular flexibility index (Phi) is 22.0. The van der Waals surface area contributed by atoms with Crippen molar-refractivity contribution >= 4 is 15.7 Å². The Balaban J connectivity index is -0.000000305. The first-order valence-corrected chi connectivity index (χ1v) is 7.73. The molecule has 1 aromatic carbocycles. The van der Waals surface area contributed by atoms with Crippen LogP contribution in [0.4, 0.5) is 0 Å². The molecule has 16 heavy (non-hydrogen) atoms. The van der Waals surface area contributed by atoms with Gasteiger partial charge in [0.1, 0.15) is 0 Å². The number of benzene rings is 1. The van der Waals surface area contributed by atoms with E-state index in [1.165, 1.54) is 13.5 Å². The van der Waals surface area contributed by atoms with E-state index in [1.807, 2.05) is 30.3 Å². The summed E-state index contributed by atoms with van der Waals surface area (Å²) in [6.45, 7) is 7.56. The van der Waals surface area contributed by atoms with Crippen LogP contribution >= 0.6 is 9.69 Å². The van der Waals surface area contributed by atoms with E-state index in [2.05, 4.69) is 4.74 Å². The molecule has 1 aromatic rings. The summed E-state index contributed by atoms with van der Waals surface area (Å²) in [5.74, 6) is -0.297. The molecule has 0 amide bonds. The number of carbonyl (C=O) groups excluding carboxylic acids is 1. The van der Waals surface area contributed by atoms with Gasteiger partial charge in [0, 0.05) is 6.92 Å². The number of halogens is 1. The molecule has 86 valence electrons. The number of hydrogen-bond acceptors (Lipinski definition) is 3. The molecule has 0 aliphatic carbocycles. The molecule has 0 heterocycles. The number of esters is 1. The van der Waals surface area contributed by atoms with Gasteiger partial charge in [0.15, 0.2) is 0 Å². The maximum atomic E-state index is 10.4. The second-order valence-corrected chi connectivity index (χ2v) is 2.14. The minimum atomic E-state index is -0.297. The predicted octanol–water partition coefficient (Wildman–Crippen LogP) is 2.54. The molecule has 0 fully saturated rings. The van der Waals surface area contributed by atoms with E-state index >= 15 is 0 Å². The van der Waals surface area contributed by atoms with Crippen LogP contribution in [-0.4, -0.2) is 5.97 Å². The molecule has 0 aromatic heterocycles. The first-order chi connectivity index (χ1) is 7.29. The summed E-state index contributed by atoms with van der Waals surface area (Å²) in [6.07, 6.45) is 0. The van der Waals surface area contributed by atoms with Gasteiger partial charge in [0.05, 0.1) is 0 Å².